The number of hydrogen-bond donors (Lipinski definition) is 0. The lowest BCUT2D eigenvalue weighted by molar-refractivity contribution is -0.327. The maximum atomic E-state index is 11.6. The first kappa shape index (κ1) is 49.9. The van der Waals surface area contributed by atoms with Gasteiger partial charge in [-0.3, -0.25) is 0 Å². The van der Waals surface area contributed by atoms with Crippen molar-refractivity contribution in [1.29, 1.82) is 0 Å². The maximum absolute atomic E-state index is 11.6. The Kier molecular flexibility index (Phi) is 23.5. The zero-order valence-electron chi connectivity index (χ0n) is 22.1. The fourth-order valence-corrected chi connectivity index (χ4v) is 2.83. The van der Waals surface area contributed by atoms with Gasteiger partial charge in [-0.05, 0) is 41.5 Å². The second-order valence-electron chi connectivity index (χ2n) is 11.0. The van der Waals surface area contributed by atoms with Gasteiger partial charge in [-0.15, -0.1) is 0 Å². The molecule has 2 aromatic rings. The Labute approximate surface area is 238 Å². The van der Waals surface area contributed by atoms with Crippen LogP contribution in [-0.4, -0.2) is 12.4 Å². The standard InChI is InChI=1S/C15H14.C5H6F6.C5H12.C3H8.5CH4/c1-15(2)13-9-5-3-7-11(13)12-8-4-6-10-14(12)15;1-3(2,4(6,7)8)5(9,10)11;1-5(2,3)4;1-3-2;;;;;/h3-10H,1-2H3;1-2H3;1-4H3;3H2,1-2H3;5*1H4. The highest BCUT2D eigenvalue weighted by Gasteiger charge is 2.64. The van der Waals surface area contributed by atoms with E-state index in [1.165, 1.54) is 28.7 Å². The first-order valence-corrected chi connectivity index (χ1v) is 11.5. The largest absolute Gasteiger partial charge is 0.402 e. The molecule has 0 N–H and O–H groups in total. The molecule has 234 valence electrons. The lowest BCUT2D eigenvalue weighted by Crippen LogP contribution is -2.44. The van der Waals surface area contributed by atoms with Gasteiger partial charge in [0.2, 0.25) is 0 Å². The van der Waals surface area contributed by atoms with E-state index in [4.69, 9.17) is 0 Å². The fraction of sp³-hybridized carbons (Fsp3) is 0.636. The molecule has 0 fully saturated rings. The van der Waals surface area contributed by atoms with Gasteiger partial charge < -0.3 is 0 Å². The molecule has 0 aromatic heterocycles. The summed E-state index contributed by atoms with van der Waals surface area (Å²) in [7, 11) is 0. The molecule has 0 unspecified atom stereocenters. The van der Waals surface area contributed by atoms with E-state index in [9.17, 15) is 26.3 Å². The number of benzene rings is 2. The van der Waals surface area contributed by atoms with Crippen molar-refractivity contribution in [3.05, 3.63) is 59.7 Å². The molecule has 0 nitrogen and oxygen atoms in total. The van der Waals surface area contributed by atoms with E-state index in [0.717, 1.165) is 0 Å². The molecule has 0 saturated heterocycles. The molecule has 1 aliphatic rings. The molecule has 3 rings (SSSR count). The summed E-state index contributed by atoms with van der Waals surface area (Å²) in [5, 5.41) is 0. The van der Waals surface area contributed by atoms with Crippen molar-refractivity contribution in [2.24, 2.45) is 10.8 Å². The van der Waals surface area contributed by atoms with Crippen LogP contribution in [0.15, 0.2) is 48.5 Å². The number of fused-ring (bicyclic) bond motifs is 3. The van der Waals surface area contributed by atoms with Gasteiger partial charge in [0.1, 0.15) is 0 Å². The second kappa shape index (κ2) is 18.4. The maximum Gasteiger partial charge on any atom is 0.402 e. The third-order valence-corrected chi connectivity index (χ3v) is 4.91. The van der Waals surface area contributed by atoms with E-state index in [2.05, 4.69) is 104 Å². The Morgan fingerprint density at radius 1 is 0.538 bits per heavy atom. The van der Waals surface area contributed by atoms with Crippen LogP contribution in [0.2, 0.25) is 0 Å². The molecule has 0 amide bonds. The van der Waals surface area contributed by atoms with Gasteiger partial charge in [-0.2, -0.15) is 26.3 Å². The SMILES string of the molecule is C.C.C.C.C.CC(C)(C(F)(F)F)C(F)(F)F.CC(C)(C)C.CC1(C)c2ccccc2-c2ccccc21.CCC. The molecule has 0 heterocycles. The zero-order valence-corrected chi connectivity index (χ0v) is 22.1. The van der Waals surface area contributed by atoms with Crippen LogP contribution in [0.5, 0.6) is 0 Å². The van der Waals surface area contributed by atoms with Crippen molar-refractivity contribution in [2.75, 3.05) is 0 Å². The molecule has 0 radical (unpaired) electrons. The summed E-state index contributed by atoms with van der Waals surface area (Å²) >= 11 is 0. The van der Waals surface area contributed by atoms with Crippen LogP contribution in [0.25, 0.3) is 11.1 Å². The Balaban J connectivity index is -0.000000102. The number of rotatable bonds is 0. The summed E-state index contributed by atoms with van der Waals surface area (Å²) in [6.07, 6.45) is -9.24. The zero-order chi connectivity index (χ0) is 27.2. The first-order valence-electron chi connectivity index (χ1n) is 11.5. The van der Waals surface area contributed by atoms with E-state index < -0.39 is 17.8 Å². The minimum atomic E-state index is -5.24. The highest BCUT2D eigenvalue weighted by Crippen LogP contribution is 2.49. The van der Waals surface area contributed by atoms with Gasteiger partial charge in [0.15, 0.2) is 5.41 Å². The minimum Gasteiger partial charge on any atom is -0.170 e. The van der Waals surface area contributed by atoms with Crippen LogP contribution in [0, 0.1) is 10.8 Å². The summed E-state index contributed by atoms with van der Waals surface area (Å²) in [6, 6.07) is 17.4. The normalized spacial score (nSPS) is 12.4. The van der Waals surface area contributed by atoms with E-state index in [0.29, 0.717) is 5.41 Å². The fourth-order valence-electron chi connectivity index (χ4n) is 2.83. The van der Waals surface area contributed by atoms with E-state index in [1.807, 2.05) is 0 Å². The quantitative estimate of drug-likeness (QED) is 0.276. The minimum absolute atomic E-state index is 0. The molecule has 2 aromatic carbocycles. The highest BCUT2D eigenvalue weighted by molar-refractivity contribution is 5.80. The molecule has 0 bridgehead atoms. The van der Waals surface area contributed by atoms with Crippen molar-refractivity contribution in [3.8, 4) is 11.1 Å². The van der Waals surface area contributed by atoms with Gasteiger partial charge in [0.05, 0.1) is 0 Å². The van der Waals surface area contributed by atoms with Crippen molar-refractivity contribution in [2.45, 2.75) is 131 Å². The van der Waals surface area contributed by atoms with Crippen LogP contribution in [-0.2, 0) is 5.41 Å². The van der Waals surface area contributed by atoms with Crippen molar-refractivity contribution in [1.82, 2.24) is 0 Å². The Morgan fingerprint density at radius 2 is 0.744 bits per heavy atom. The Morgan fingerprint density at radius 3 is 0.923 bits per heavy atom. The predicted molar refractivity (Wildman–Crippen MR) is 165 cm³/mol. The number of alkyl halides is 6. The lowest BCUT2D eigenvalue weighted by atomic mass is 9.82. The number of halogens is 6. The lowest BCUT2D eigenvalue weighted by Gasteiger charge is -2.29. The molecule has 0 aliphatic heterocycles. The highest BCUT2D eigenvalue weighted by atomic mass is 19.4. The van der Waals surface area contributed by atoms with Crippen LogP contribution < -0.4 is 0 Å². The smallest absolute Gasteiger partial charge is 0.170 e. The average molecular weight is 571 g/mol. The molecular weight excluding hydrogens is 510 g/mol. The van der Waals surface area contributed by atoms with Crippen molar-refractivity contribution in [3.63, 3.8) is 0 Å². The van der Waals surface area contributed by atoms with Crippen molar-refractivity contribution < 1.29 is 26.3 Å². The average Bonchev–Trinajstić information content (AvgIpc) is 2.88. The van der Waals surface area contributed by atoms with E-state index >= 15 is 0 Å². The van der Waals surface area contributed by atoms with Gasteiger partial charge in [0, 0.05) is 5.41 Å². The summed E-state index contributed by atoms with van der Waals surface area (Å²) in [5.74, 6) is 0. The van der Waals surface area contributed by atoms with Gasteiger partial charge in [-0.25, -0.2) is 0 Å². The predicted octanol–water partition coefficient (Wildman–Crippen LogP) is 13.8. The molecule has 39 heavy (non-hydrogen) atoms. The molecule has 0 atom stereocenters. The van der Waals surface area contributed by atoms with Gasteiger partial charge >= 0.3 is 12.4 Å². The number of hydrogen-bond acceptors (Lipinski definition) is 0. The van der Waals surface area contributed by atoms with Gasteiger partial charge in [-0.1, -0.05) is 147 Å². The third-order valence-electron chi connectivity index (χ3n) is 4.91. The summed E-state index contributed by atoms with van der Waals surface area (Å²) in [5.41, 5.74) is 2.74. The molecule has 0 spiro atoms. The van der Waals surface area contributed by atoms with Crippen LogP contribution in [0.3, 0.4) is 0 Å². The molecule has 1 aliphatic carbocycles. The topological polar surface area (TPSA) is 0 Å². The van der Waals surface area contributed by atoms with Gasteiger partial charge in [0.25, 0.3) is 0 Å². The van der Waals surface area contributed by atoms with E-state index in [1.54, 1.807) is 0 Å². The van der Waals surface area contributed by atoms with E-state index in [-0.39, 0.29) is 56.4 Å². The Bertz CT molecular complexity index is 813. The monoisotopic (exact) mass is 570 g/mol. The second-order valence-corrected chi connectivity index (χ2v) is 11.0. The first-order chi connectivity index (χ1) is 15.1. The Hall–Kier alpha value is -1.98. The summed E-state index contributed by atoms with van der Waals surface area (Å²) in [4.78, 5) is 0. The molecule has 0 saturated carbocycles. The summed E-state index contributed by atoms with van der Waals surface area (Å²) < 4.78 is 69.7. The van der Waals surface area contributed by atoms with Crippen molar-refractivity contribution >= 4 is 0 Å². The van der Waals surface area contributed by atoms with Crippen LogP contribution in [0.1, 0.15) is 124 Å². The van der Waals surface area contributed by atoms with Crippen LogP contribution >= 0.6 is 0 Å². The third kappa shape index (κ3) is 14.3. The molecular formula is C33H60F6. The summed E-state index contributed by atoms with van der Waals surface area (Å²) in [6.45, 7) is 17.8. The molecule has 6 heteroatoms. The van der Waals surface area contributed by atoms with Crippen LogP contribution in [0.4, 0.5) is 26.3 Å².